The molecule has 0 aliphatic heterocycles. The topological polar surface area (TPSA) is 87.2 Å². The van der Waals surface area contributed by atoms with Crippen LogP contribution in [0.25, 0.3) is 5.69 Å². The minimum atomic E-state index is -0.479. The molecule has 0 unspecified atom stereocenters. The quantitative estimate of drug-likeness (QED) is 0.510. The van der Waals surface area contributed by atoms with Crippen LogP contribution in [0.5, 0.6) is 0 Å². The number of nitrogens with two attached hydrogens (primary N) is 1. The predicted molar refractivity (Wildman–Crippen MR) is 86.6 cm³/mol. The van der Waals surface area contributed by atoms with Gasteiger partial charge in [-0.2, -0.15) is 4.98 Å². The highest BCUT2D eigenvalue weighted by Gasteiger charge is 2.14. The number of hydrogen-bond donors (Lipinski definition) is 1. The molecule has 2 rings (SSSR count). The summed E-state index contributed by atoms with van der Waals surface area (Å²) in [5.41, 5.74) is 6.03. The SMILES string of the molecule is CCOC(=O)CSc1nc(=O)cc(N)n1-c1ccccc1Cl. The van der Waals surface area contributed by atoms with Crippen molar-refractivity contribution in [2.75, 3.05) is 18.1 Å². The fourth-order valence-electron chi connectivity index (χ4n) is 1.78. The van der Waals surface area contributed by atoms with Crippen LogP contribution in [0.2, 0.25) is 5.02 Å². The molecular formula is C14H14ClN3O3S. The van der Waals surface area contributed by atoms with Gasteiger partial charge in [-0.3, -0.25) is 14.2 Å². The molecule has 6 nitrogen and oxygen atoms in total. The molecule has 22 heavy (non-hydrogen) atoms. The van der Waals surface area contributed by atoms with E-state index in [1.807, 2.05) is 0 Å². The van der Waals surface area contributed by atoms with Gasteiger partial charge < -0.3 is 10.5 Å². The fourth-order valence-corrected chi connectivity index (χ4v) is 2.81. The molecular weight excluding hydrogens is 326 g/mol. The molecule has 1 heterocycles. The van der Waals surface area contributed by atoms with Crippen LogP contribution in [0.1, 0.15) is 6.92 Å². The van der Waals surface area contributed by atoms with Crippen LogP contribution < -0.4 is 11.3 Å². The number of para-hydroxylation sites is 1. The standard InChI is InChI=1S/C14H14ClN3O3S/c1-2-21-13(20)8-22-14-17-12(19)7-11(16)18(14)10-6-4-3-5-9(10)15/h3-7H,2,8,16H2,1H3. The van der Waals surface area contributed by atoms with E-state index < -0.39 is 11.5 Å². The summed E-state index contributed by atoms with van der Waals surface area (Å²) in [4.78, 5) is 27.0. The molecule has 0 saturated heterocycles. The summed E-state index contributed by atoms with van der Waals surface area (Å²) in [6.45, 7) is 2.02. The van der Waals surface area contributed by atoms with Crippen LogP contribution >= 0.6 is 23.4 Å². The molecule has 1 aromatic heterocycles. The number of halogens is 1. The molecule has 0 saturated carbocycles. The zero-order valence-corrected chi connectivity index (χ0v) is 13.4. The van der Waals surface area contributed by atoms with E-state index in [0.717, 1.165) is 11.8 Å². The number of nitrogens with zero attached hydrogens (tertiary/aromatic N) is 2. The van der Waals surface area contributed by atoms with Crippen molar-refractivity contribution in [3.8, 4) is 5.69 Å². The van der Waals surface area contributed by atoms with Gasteiger partial charge in [-0.15, -0.1) is 0 Å². The lowest BCUT2D eigenvalue weighted by atomic mass is 10.3. The number of aromatic nitrogens is 2. The van der Waals surface area contributed by atoms with E-state index >= 15 is 0 Å². The molecule has 0 amide bonds. The third kappa shape index (κ3) is 3.80. The Labute approximate surface area is 136 Å². The van der Waals surface area contributed by atoms with Gasteiger partial charge in [-0.25, -0.2) is 0 Å². The Morgan fingerprint density at radius 3 is 2.86 bits per heavy atom. The molecule has 8 heteroatoms. The van der Waals surface area contributed by atoms with E-state index in [1.54, 1.807) is 31.2 Å². The molecule has 0 atom stereocenters. The number of carbonyl (C=O) groups is 1. The summed E-state index contributed by atoms with van der Waals surface area (Å²) in [7, 11) is 0. The van der Waals surface area contributed by atoms with Crippen LogP contribution in [0.4, 0.5) is 5.82 Å². The second-order valence-corrected chi connectivity index (χ2v) is 5.53. The summed E-state index contributed by atoms with van der Waals surface area (Å²) in [5.74, 6) is -0.178. The Balaban J connectivity index is 2.43. The highest BCUT2D eigenvalue weighted by molar-refractivity contribution is 7.99. The normalized spacial score (nSPS) is 10.5. The first-order chi connectivity index (χ1) is 10.5. The van der Waals surface area contributed by atoms with E-state index in [1.165, 1.54) is 10.6 Å². The number of ether oxygens (including phenoxy) is 1. The number of carbonyl (C=O) groups excluding carboxylic acids is 1. The van der Waals surface area contributed by atoms with E-state index in [-0.39, 0.29) is 16.7 Å². The molecule has 0 bridgehead atoms. The minimum absolute atomic E-state index is 0.0220. The number of nitrogen functional groups attached to an aromatic ring is 1. The minimum Gasteiger partial charge on any atom is -0.465 e. The first-order valence-corrected chi connectivity index (χ1v) is 7.82. The monoisotopic (exact) mass is 339 g/mol. The highest BCUT2D eigenvalue weighted by Crippen LogP contribution is 2.27. The first-order valence-electron chi connectivity index (χ1n) is 6.45. The van der Waals surface area contributed by atoms with Gasteiger partial charge in [0.05, 0.1) is 23.1 Å². The lowest BCUT2D eigenvalue weighted by molar-refractivity contribution is -0.139. The van der Waals surface area contributed by atoms with Crippen LogP contribution in [0.15, 0.2) is 40.3 Å². The Hall–Kier alpha value is -1.99. The lowest BCUT2D eigenvalue weighted by Gasteiger charge is -2.15. The smallest absolute Gasteiger partial charge is 0.316 e. The van der Waals surface area contributed by atoms with Crippen molar-refractivity contribution >= 4 is 35.1 Å². The Morgan fingerprint density at radius 1 is 1.45 bits per heavy atom. The highest BCUT2D eigenvalue weighted by atomic mass is 35.5. The first kappa shape index (κ1) is 16.4. The van der Waals surface area contributed by atoms with E-state index in [4.69, 9.17) is 22.1 Å². The van der Waals surface area contributed by atoms with Crippen LogP contribution in [0, 0.1) is 0 Å². The molecule has 2 N–H and O–H groups in total. The molecule has 0 fully saturated rings. The number of esters is 1. The summed E-state index contributed by atoms with van der Waals surface area (Å²) >= 11 is 7.24. The number of thioether (sulfide) groups is 1. The van der Waals surface area contributed by atoms with E-state index in [2.05, 4.69) is 4.98 Å². The third-order valence-corrected chi connectivity index (χ3v) is 3.88. The van der Waals surface area contributed by atoms with E-state index in [0.29, 0.717) is 17.3 Å². The number of anilines is 1. The summed E-state index contributed by atoms with van der Waals surface area (Å²) < 4.78 is 6.40. The van der Waals surface area contributed by atoms with Gasteiger partial charge >= 0.3 is 5.97 Å². The lowest BCUT2D eigenvalue weighted by Crippen LogP contribution is -2.18. The number of rotatable bonds is 5. The predicted octanol–water partition coefficient (Wildman–Crippen LogP) is 2.12. The average molecular weight is 340 g/mol. The van der Waals surface area contributed by atoms with Gasteiger partial charge in [0.15, 0.2) is 5.16 Å². The zero-order valence-electron chi connectivity index (χ0n) is 11.8. The van der Waals surface area contributed by atoms with Crippen LogP contribution in [-0.4, -0.2) is 27.9 Å². The zero-order chi connectivity index (χ0) is 16.1. The van der Waals surface area contributed by atoms with Gasteiger partial charge in [-0.1, -0.05) is 35.5 Å². The Morgan fingerprint density at radius 2 is 2.18 bits per heavy atom. The maximum atomic E-state index is 11.6. The molecule has 2 aromatic rings. The largest absolute Gasteiger partial charge is 0.465 e. The van der Waals surface area contributed by atoms with Crippen molar-refractivity contribution in [3.63, 3.8) is 0 Å². The molecule has 0 spiro atoms. The van der Waals surface area contributed by atoms with Crippen molar-refractivity contribution in [1.29, 1.82) is 0 Å². The molecule has 0 aliphatic carbocycles. The van der Waals surface area contributed by atoms with Crippen LogP contribution in [0.3, 0.4) is 0 Å². The molecule has 1 aromatic carbocycles. The average Bonchev–Trinajstić information content (AvgIpc) is 2.46. The fraction of sp³-hybridized carbons (Fsp3) is 0.214. The van der Waals surface area contributed by atoms with Crippen molar-refractivity contribution in [3.05, 3.63) is 45.7 Å². The van der Waals surface area contributed by atoms with Crippen LogP contribution in [-0.2, 0) is 9.53 Å². The van der Waals surface area contributed by atoms with Gasteiger partial charge in [-0.05, 0) is 19.1 Å². The summed E-state index contributed by atoms with van der Waals surface area (Å²) in [6.07, 6.45) is 0. The van der Waals surface area contributed by atoms with Crippen molar-refractivity contribution in [2.45, 2.75) is 12.1 Å². The van der Waals surface area contributed by atoms with Crippen molar-refractivity contribution < 1.29 is 9.53 Å². The van der Waals surface area contributed by atoms with Gasteiger partial charge in [0.1, 0.15) is 5.82 Å². The summed E-state index contributed by atoms with van der Waals surface area (Å²) in [6, 6.07) is 8.23. The third-order valence-electron chi connectivity index (χ3n) is 2.64. The maximum Gasteiger partial charge on any atom is 0.316 e. The Kier molecular flexibility index (Phi) is 5.46. The maximum absolute atomic E-state index is 11.6. The molecule has 0 radical (unpaired) electrons. The van der Waals surface area contributed by atoms with E-state index in [9.17, 15) is 9.59 Å². The Bertz CT molecular complexity index is 748. The van der Waals surface area contributed by atoms with Crippen molar-refractivity contribution in [1.82, 2.24) is 9.55 Å². The van der Waals surface area contributed by atoms with Crippen molar-refractivity contribution in [2.24, 2.45) is 0 Å². The molecule has 116 valence electrons. The van der Waals surface area contributed by atoms with Gasteiger partial charge in [0, 0.05) is 6.07 Å². The number of benzene rings is 1. The number of hydrogen-bond acceptors (Lipinski definition) is 6. The van der Waals surface area contributed by atoms with Gasteiger partial charge in [0.25, 0.3) is 5.56 Å². The molecule has 0 aliphatic rings. The second kappa shape index (κ2) is 7.33. The second-order valence-electron chi connectivity index (χ2n) is 4.18. The summed E-state index contributed by atoms with van der Waals surface area (Å²) in [5, 5.41) is 0.740. The van der Waals surface area contributed by atoms with Gasteiger partial charge in [0.2, 0.25) is 0 Å².